The maximum Gasteiger partial charge on any atom is 0.163 e. The van der Waals surface area contributed by atoms with Gasteiger partial charge in [-0.25, -0.2) is 0 Å². The molecule has 1 aliphatic rings. The van der Waals surface area contributed by atoms with Crippen molar-refractivity contribution in [2.45, 2.75) is 25.8 Å². The van der Waals surface area contributed by atoms with Crippen LogP contribution in [0.4, 0.5) is 0 Å². The summed E-state index contributed by atoms with van der Waals surface area (Å²) in [7, 11) is 0. The molecular weight excluding hydrogens is 212 g/mol. The van der Waals surface area contributed by atoms with Crippen LogP contribution >= 0.6 is 0 Å². The smallest absolute Gasteiger partial charge is 0.163 e. The predicted octanol–water partition coefficient (Wildman–Crippen LogP) is 1.39. The van der Waals surface area contributed by atoms with Crippen molar-refractivity contribution in [3.05, 3.63) is 35.7 Å². The van der Waals surface area contributed by atoms with Crippen molar-refractivity contribution in [2.75, 3.05) is 6.54 Å². The van der Waals surface area contributed by atoms with Crippen LogP contribution in [0, 0.1) is 0 Å². The molecule has 0 aliphatic carbocycles. The number of fused-ring (bicyclic) bond motifs is 1. The maximum absolute atomic E-state index is 5.54. The van der Waals surface area contributed by atoms with Crippen LogP contribution in [0.25, 0.3) is 11.4 Å². The van der Waals surface area contributed by atoms with E-state index in [4.69, 9.17) is 5.73 Å². The van der Waals surface area contributed by atoms with Crippen LogP contribution in [-0.4, -0.2) is 21.3 Å². The topological polar surface area (TPSA) is 56.7 Å². The standard InChI is InChI=1S/C13H16N4/c14-8-7-10-3-5-11(6-4-10)13-16-15-12-2-1-9-17(12)13/h3-6H,1-2,7-9,14H2. The fourth-order valence-electron chi connectivity index (χ4n) is 2.35. The van der Waals surface area contributed by atoms with E-state index in [0.29, 0.717) is 6.54 Å². The van der Waals surface area contributed by atoms with E-state index >= 15 is 0 Å². The van der Waals surface area contributed by atoms with Gasteiger partial charge in [0.25, 0.3) is 0 Å². The number of nitrogens with two attached hydrogens (primary N) is 1. The molecule has 0 spiro atoms. The second kappa shape index (κ2) is 4.30. The Kier molecular flexibility index (Phi) is 2.65. The van der Waals surface area contributed by atoms with Crippen molar-refractivity contribution in [3.63, 3.8) is 0 Å². The molecule has 1 aliphatic heterocycles. The number of nitrogens with zero attached hydrogens (tertiary/aromatic N) is 3. The highest BCUT2D eigenvalue weighted by atomic mass is 15.3. The Morgan fingerprint density at radius 2 is 2.00 bits per heavy atom. The second-order valence-corrected chi connectivity index (χ2v) is 4.43. The Morgan fingerprint density at radius 3 is 2.76 bits per heavy atom. The van der Waals surface area contributed by atoms with Crippen molar-refractivity contribution in [3.8, 4) is 11.4 Å². The quantitative estimate of drug-likeness (QED) is 0.863. The zero-order valence-electron chi connectivity index (χ0n) is 9.76. The van der Waals surface area contributed by atoms with Gasteiger partial charge in [0, 0.05) is 18.5 Å². The van der Waals surface area contributed by atoms with Crippen LogP contribution in [0.5, 0.6) is 0 Å². The normalized spacial score (nSPS) is 13.9. The lowest BCUT2D eigenvalue weighted by Gasteiger charge is -2.04. The summed E-state index contributed by atoms with van der Waals surface area (Å²) in [5, 5.41) is 8.50. The van der Waals surface area contributed by atoms with Gasteiger partial charge in [-0.15, -0.1) is 10.2 Å². The molecular formula is C13H16N4. The third-order valence-corrected chi connectivity index (χ3v) is 3.25. The van der Waals surface area contributed by atoms with Crippen molar-refractivity contribution in [1.29, 1.82) is 0 Å². The van der Waals surface area contributed by atoms with Crippen LogP contribution in [0.15, 0.2) is 24.3 Å². The molecule has 4 heteroatoms. The molecule has 17 heavy (non-hydrogen) atoms. The van der Waals surface area contributed by atoms with E-state index in [2.05, 4.69) is 39.0 Å². The van der Waals surface area contributed by atoms with Crippen LogP contribution in [0.1, 0.15) is 17.8 Å². The molecule has 4 nitrogen and oxygen atoms in total. The first-order valence-corrected chi connectivity index (χ1v) is 6.10. The summed E-state index contributed by atoms with van der Waals surface area (Å²) in [5.74, 6) is 2.11. The van der Waals surface area contributed by atoms with E-state index in [1.165, 1.54) is 12.0 Å². The molecule has 2 N–H and O–H groups in total. The SMILES string of the molecule is NCCc1ccc(-c2nnc3n2CCC3)cc1. The number of rotatable bonds is 3. The first-order chi connectivity index (χ1) is 8.38. The third kappa shape index (κ3) is 1.85. The van der Waals surface area contributed by atoms with Crippen LogP contribution in [0.3, 0.4) is 0 Å². The predicted molar refractivity (Wildman–Crippen MR) is 66.5 cm³/mol. The average molecular weight is 228 g/mol. The van der Waals surface area contributed by atoms with Gasteiger partial charge in [-0.3, -0.25) is 0 Å². The van der Waals surface area contributed by atoms with E-state index in [-0.39, 0.29) is 0 Å². The van der Waals surface area contributed by atoms with Crippen molar-refractivity contribution in [1.82, 2.24) is 14.8 Å². The van der Waals surface area contributed by atoms with Crippen molar-refractivity contribution >= 4 is 0 Å². The Hall–Kier alpha value is -1.68. The number of aryl methyl sites for hydroxylation is 1. The van der Waals surface area contributed by atoms with Gasteiger partial charge in [0.15, 0.2) is 5.82 Å². The Labute approximate surface area is 100 Å². The average Bonchev–Trinajstić information content (AvgIpc) is 2.93. The van der Waals surface area contributed by atoms with Gasteiger partial charge < -0.3 is 10.3 Å². The summed E-state index contributed by atoms with van der Waals surface area (Å²) in [6.07, 6.45) is 3.17. The summed E-state index contributed by atoms with van der Waals surface area (Å²) in [5.41, 5.74) is 7.96. The number of aromatic nitrogens is 3. The number of benzene rings is 1. The van der Waals surface area contributed by atoms with Crippen molar-refractivity contribution < 1.29 is 0 Å². The lowest BCUT2D eigenvalue weighted by Crippen LogP contribution is -2.02. The van der Waals surface area contributed by atoms with E-state index in [1.807, 2.05) is 0 Å². The second-order valence-electron chi connectivity index (χ2n) is 4.43. The zero-order chi connectivity index (χ0) is 11.7. The van der Waals surface area contributed by atoms with Crippen LogP contribution in [0.2, 0.25) is 0 Å². The van der Waals surface area contributed by atoms with Gasteiger partial charge in [-0.2, -0.15) is 0 Å². The minimum absolute atomic E-state index is 0.694. The minimum Gasteiger partial charge on any atom is -0.330 e. The molecule has 3 rings (SSSR count). The molecule has 0 fully saturated rings. The Bertz CT molecular complexity index is 513. The van der Waals surface area contributed by atoms with Gasteiger partial charge in [0.2, 0.25) is 0 Å². The highest BCUT2D eigenvalue weighted by Crippen LogP contribution is 2.23. The molecule has 2 heterocycles. The molecule has 0 unspecified atom stereocenters. The lowest BCUT2D eigenvalue weighted by molar-refractivity contribution is 0.748. The Balaban J connectivity index is 1.93. The van der Waals surface area contributed by atoms with Gasteiger partial charge in [-0.05, 0) is 24.9 Å². The van der Waals surface area contributed by atoms with Gasteiger partial charge in [0.05, 0.1) is 0 Å². The summed E-state index contributed by atoms with van der Waals surface area (Å²) in [6.45, 7) is 1.74. The zero-order valence-corrected chi connectivity index (χ0v) is 9.76. The summed E-state index contributed by atoms with van der Waals surface area (Å²) < 4.78 is 2.22. The van der Waals surface area contributed by atoms with Crippen LogP contribution < -0.4 is 5.73 Å². The first kappa shape index (κ1) is 10.5. The minimum atomic E-state index is 0.694. The molecule has 2 aromatic rings. The third-order valence-electron chi connectivity index (χ3n) is 3.25. The van der Waals surface area contributed by atoms with E-state index in [1.54, 1.807) is 0 Å². The van der Waals surface area contributed by atoms with Gasteiger partial charge >= 0.3 is 0 Å². The summed E-state index contributed by atoms with van der Waals surface area (Å²) in [4.78, 5) is 0. The van der Waals surface area contributed by atoms with Crippen LogP contribution in [-0.2, 0) is 19.4 Å². The molecule has 0 saturated carbocycles. The fourth-order valence-corrected chi connectivity index (χ4v) is 2.35. The maximum atomic E-state index is 5.54. The molecule has 0 amide bonds. The molecule has 0 saturated heterocycles. The fraction of sp³-hybridized carbons (Fsp3) is 0.385. The molecule has 1 aromatic carbocycles. The first-order valence-electron chi connectivity index (χ1n) is 6.10. The van der Waals surface area contributed by atoms with E-state index in [0.717, 1.165) is 36.6 Å². The summed E-state index contributed by atoms with van der Waals surface area (Å²) >= 11 is 0. The highest BCUT2D eigenvalue weighted by molar-refractivity contribution is 5.56. The van der Waals surface area contributed by atoms with Gasteiger partial charge in [0.1, 0.15) is 5.82 Å². The molecule has 88 valence electrons. The summed E-state index contributed by atoms with van der Waals surface area (Å²) in [6, 6.07) is 8.47. The molecule has 0 atom stereocenters. The molecule has 0 radical (unpaired) electrons. The molecule has 0 bridgehead atoms. The highest BCUT2D eigenvalue weighted by Gasteiger charge is 2.17. The number of hydrogen-bond donors (Lipinski definition) is 1. The lowest BCUT2D eigenvalue weighted by atomic mass is 10.1. The Morgan fingerprint density at radius 1 is 1.18 bits per heavy atom. The van der Waals surface area contributed by atoms with E-state index < -0.39 is 0 Å². The monoisotopic (exact) mass is 228 g/mol. The molecule has 1 aromatic heterocycles. The number of hydrogen-bond acceptors (Lipinski definition) is 3. The van der Waals surface area contributed by atoms with E-state index in [9.17, 15) is 0 Å². The van der Waals surface area contributed by atoms with Gasteiger partial charge in [-0.1, -0.05) is 24.3 Å². The largest absolute Gasteiger partial charge is 0.330 e. The van der Waals surface area contributed by atoms with Crippen molar-refractivity contribution in [2.24, 2.45) is 5.73 Å².